The smallest absolute Gasteiger partial charge is 0.238 e. The monoisotopic (exact) mass is 325 g/mol. The van der Waals surface area contributed by atoms with Crippen molar-refractivity contribution in [2.24, 2.45) is 5.14 Å². The molecular formula is C13H15N3O3S2. The molecule has 2 aromatic rings. The van der Waals surface area contributed by atoms with E-state index in [9.17, 15) is 13.2 Å². The highest BCUT2D eigenvalue weighted by atomic mass is 32.2. The average Bonchev–Trinajstić information content (AvgIpc) is 2.77. The Kier molecular flexibility index (Phi) is 4.40. The van der Waals surface area contributed by atoms with Crippen molar-refractivity contribution < 1.29 is 13.2 Å². The lowest BCUT2D eigenvalue weighted by molar-refractivity contribution is 0.101. The van der Waals surface area contributed by atoms with E-state index >= 15 is 0 Å². The molecule has 0 bridgehead atoms. The molecule has 6 nitrogen and oxygen atoms in total. The van der Waals surface area contributed by atoms with E-state index in [4.69, 9.17) is 5.14 Å². The van der Waals surface area contributed by atoms with Crippen LogP contribution in [0.4, 0.5) is 5.00 Å². The van der Waals surface area contributed by atoms with E-state index in [1.54, 1.807) is 19.1 Å². The molecule has 0 unspecified atom stereocenters. The molecule has 0 saturated carbocycles. The number of sulfonamides is 1. The number of nitrogens with zero attached hydrogens (tertiary/aromatic N) is 1. The Morgan fingerprint density at radius 1 is 1.33 bits per heavy atom. The van der Waals surface area contributed by atoms with Crippen molar-refractivity contribution in [3.8, 4) is 0 Å². The van der Waals surface area contributed by atoms with E-state index in [0.717, 1.165) is 10.6 Å². The second-order valence-corrected chi connectivity index (χ2v) is 6.91. The van der Waals surface area contributed by atoms with E-state index < -0.39 is 10.0 Å². The minimum atomic E-state index is -3.67. The van der Waals surface area contributed by atoms with Gasteiger partial charge in [-0.1, -0.05) is 12.1 Å². The Morgan fingerprint density at radius 3 is 2.48 bits per heavy atom. The van der Waals surface area contributed by atoms with Gasteiger partial charge in [-0.15, -0.1) is 0 Å². The lowest BCUT2D eigenvalue weighted by atomic mass is 10.2. The first-order chi connectivity index (χ1) is 9.79. The number of carbonyl (C=O) groups excluding carboxylic acids is 1. The molecule has 0 amide bonds. The average molecular weight is 325 g/mol. The second-order valence-electron chi connectivity index (χ2n) is 4.57. The minimum absolute atomic E-state index is 0.0340. The summed E-state index contributed by atoms with van der Waals surface area (Å²) in [6.45, 7) is 3.76. The maximum Gasteiger partial charge on any atom is 0.238 e. The summed E-state index contributed by atoms with van der Waals surface area (Å²) >= 11 is 1.23. The normalized spacial score (nSPS) is 11.4. The van der Waals surface area contributed by atoms with Crippen LogP contribution in [0, 0.1) is 6.92 Å². The number of nitrogens with one attached hydrogen (secondary N) is 1. The fourth-order valence-corrected chi connectivity index (χ4v) is 3.24. The maximum absolute atomic E-state index is 11.6. The van der Waals surface area contributed by atoms with E-state index in [1.165, 1.54) is 30.6 Å². The highest BCUT2D eigenvalue weighted by molar-refractivity contribution is 7.89. The fraction of sp³-hybridized carbons (Fsp3) is 0.231. The van der Waals surface area contributed by atoms with Gasteiger partial charge in [-0.2, -0.15) is 4.37 Å². The first-order valence-electron chi connectivity index (χ1n) is 6.12. The first-order valence-corrected chi connectivity index (χ1v) is 8.44. The largest absolute Gasteiger partial charge is 0.371 e. The van der Waals surface area contributed by atoms with Crippen LogP contribution in [-0.2, 0) is 16.6 Å². The summed E-state index contributed by atoms with van der Waals surface area (Å²) in [6.07, 6.45) is 0. The van der Waals surface area contributed by atoms with Gasteiger partial charge in [0, 0.05) is 6.54 Å². The van der Waals surface area contributed by atoms with Crippen molar-refractivity contribution in [3.05, 3.63) is 41.1 Å². The van der Waals surface area contributed by atoms with Gasteiger partial charge in [0.1, 0.15) is 5.00 Å². The van der Waals surface area contributed by atoms with Crippen molar-refractivity contribution in [1.29, 1.82) is 0 Å². The Balaban J connectivity index is 2.12. The molecule has 21 heavy (non-hydrogen) atoms. The molecule has 0 saturated heterocycles. The number of aryl methyl sites for hydroxylation is 1. The number of carbonyl (C=O) groups is 1. The molecular weight excluding hydrogens is 310 g/mol. The molecule has 8 heteroatoms. The second kappa shape index (κ2) is 5.92. The lowest BCUT2D eigenvalue weighted by Crippen LogP contribution is -2.12. The third-order valence-corrected chi connectivity index (χ3v) is 4.75. The summed E-state index contributed by atoms with van der Waals surface area (Å²) in [5, 5.41) is 8.90. The van der Waals surface area contributed by atoms with Crippen LogP contribution in [0.1, 0.15) is 28.5 Å². The zero-order chi connectivity index (χ0) is 15.6. The number of benzene rings is 1. The first kappa shape index (κ1) is 15.6. The molecule has 3 N–H and O–H groups in total. The van der Waals surface area contributed by atoms with E-state index in [-0.39, 0.29) is 10.7 Å². The molecule has 0 fully saturated rings. The molecule has 0 aliphatic heterocycles. The Morgan fingerprint density at radius 2 is 1.95 bits per heavy atom. The van der Waals surface area contributed by atoms with Gasteiger partial charge in [-0.05, 0) is 43.1 Å². The maximum atomic E-state index is 11.6. The summed E-state index contributed by atoms with van der Waals surface area (Å²) in [5.41, 5.74) is 2.18. The van der Waals surface area contributed by atoms with Crippen LogP contribution in [-0.4, -0.2) is 18.6 Å². The Hall–Kier alpha value is -1.77. The zero-order valence-electron chi connectivity index (χ0n) is 11.6. The molecule has 0 spiro atoms. The van der Waals surface area contributed by atoms with Crippen LogP contribution in [0.3, 0.4) is 0 Å². The third-order valence-electron chi connectivity index (χ3n) is 2.92. The Bertz CT molecular complexity index is 764. The number of rotatable bonds is 5. The molecule has 1 heterocycles. The van der Waals surface area contributed by atoms with Gasteiger partial charge in [0.05, 0.1) is 16.2 Å². The summed E-state index contributed by atoms with van der Waals surface area (Å²) in [7, 11) is -3.67. The quantitative estimate of drug-likeness (QED) is 0.818. The van der Waals surface area contributed by atoms with Gasteiger partial charge < -0.3 is 5.32 Å². The number of anilines is 1. The van der Waals surface area contributed by atoms with Crippen LogP contribution in [0.15, 0.2) is 29.2 Å². The summed E-state index contributed by atoms with van der Waals surface area (Å²) in [4.78, 5) is 11.6. The summed E-state index contributed by atoms with van der Waals surface area (Å²) in [6, 6.07) is 6.26. The van der Waals surface area contributed by atoms with Crippen LogP contribution >= 0.6 is 11.5 Å². The number of nitrogens with two attached hydrogens (primary N) is 1. The fourth-order valence-electron chi connectivity index (χ4n) is 1.88. The number of hydrogen-bond donors (Lipinski definition) is 2. The molecule has 1 aromatic heterocycles. The van der Waals surface area contributed by atoms with Gasteiger partial charge in [0.15, 0.2) is 5.78 Å². The predicted octanol–water partition coefficient (Wildman–Crippen LogP) is 1.91. The summed E-state index contributed by atoms with van der Waals surface area (Å²) < 4.78 is 26.5. The number of aromatic nitrogens is 1. The summed E-state index contributed by atoms with van der Waals surface area (Å²) in [5.74, 6) is -0.0340. The predicted molar refractivity (Wildman–Crippen MR) is 82.0 cm³/mol. The van der Waals surface area contributed by atoms with Crippen molar-refractivity contribution in [2.45, 2.75) is 25.3 Å². The van der Waals surface area contributed by atoms with Gasteiger partial charge in [0.2, 0.25) is 10.0 Å². The third kappa shape index (κ3) is 3.66. The van der Waals surface area contributed by atoms with E-state index in [1.807, 2.05) is 0 Å². The number of hydrogen-bond acceptors (Lipinski definition) is 6. The van der Waals surface area contributed by atoms with Crippen molar-refractivity contribution in [2.75, 3.05) is 5.32 Å². The SMILES string of the molecule is CC(=O)c1c(C)nsc1NCc1ccc(S(N)(=O)=O)cc1. The zero-order valence-corrected chi connectivity index (χ0v) is 13.2. The van der Waals surface area contributed by atoms with Gasteiger partial charge in [-0.3, -0.25) is 4.79 Å². The van der Waals surface area contributed by atoms with Crippen LogP contribution in [0.5, 0.6) is 0 Å². The van der Waals surface area contributed by atoms with Crippen LogP contribution < -0.4 is 10.5 Å². The van der Waals surface area contributed by atoms with Crippen LogP contribution in [0.2, 0.25) is 0 Å². The number of primary sulfonamides is 1. The van der Waals surface area contributed by atoms with Gasteiger partial charge in [-0.25, -0.2) is 13.6 Å². The van der Waals surface area contributed by atoms with Crippen molar-refractivity contribution in [1.82, 2.24) is 4.37 Å². The minimum Gasteiger partial charge on any atom is -0.371 e. The molecule has 0 radical (unpaired) electrons. The highest BCUT2D eigenvalue weighted by Gasteiger charge is 2.14. The molecule has 1 aromatic carbocycles. The van der Waals surface area contributed by atoms with Crippen molar-refractivity contribution in [3.63, 3.8) is 0 Å². The topological polar surface area (TPSA) is 102 Å². The van der Waals surface area contributed by atoms with Gasteiger partial charge in [0.25, 0.3) is 0 Å². The standard InChI is InChI=1S/C13H15N3O3S2/c1-8-12(9(2)17)13(20-16-8)15-7-10-3-5-11(6-4-10)21(14,18)19/h3-6,15H,7H2,1-2H3,(H2,14,18,19). The van der Waals surface area contributed by atoms with Crippen LogP contribution in [0.25, 0.3) is 0 Å². The van der Waals surface area contributed by atoms with Gasteiger partial charge >= 0.3 is 0 Å². The Labute approximate surface area is 127 Å². The molecule has 112 valence electrons. The molecule has 2 rings (SSSR count). The molecule has 0 aliphatic carbocycles. The number of ketones is 1. The molecule has 0 atom stereocenters. The number of Topliss-reactive ketones (excluding diaryl/α,β-unsaturated/α-hetero) is 1. The van der Waals surface area contributed by atoms with E-state index in [2.05, 4.69) is 9.69 Å². The lowest BCUT2D eigenvalue weighted by Gasteiger charge is -2.06. The van der Waals surface area contributed by atoms with Crippen molar-refractivity contribution >= 4 is 32.3 Å². The molecule has 0 aliphatic rings. The van der Waals surface area contributed by atoms with E-state index in [0.29, 0.717) is 17.8 Å². The highest BCUT2D eigenvalue weighted by Crippen LogP contribution is 2.25.